The van der Waals surface area contributed by atoms with Crippen LogP contribution in [0.15, 0.2) is 30.3 Å². The van der Waals surface area contributed by atoms with Gasteiger partial charge in [0.05, 0.1) is 29.9 Å². The maximum absolute atomic E-state index is 12.2. The molecule has 1 aromatic carbocycles. The van der Waals surface area contributed by atoms with Crippen molar-refractivity contribution in [1.29, 1.82) is 0 Å². The Bertz CT molecular complexity index is 1330. The van der Waals surface area contributed by atoms with Gasteiger partial charge in [-0.2, -0.15) is 0 Å². The van der Waals surface area contributed by atoms with Crippen LogP contribution in [0.3, 0.4) is 0 Å². The molecule has 0 spiro atoms. The second-order valence-corrected chi connectivity index (χ2v) is 15.2. The molecule has 42 heavy (non-hydrogen) atoms. The van der Waals surface area contributed by atoms with Crippen molar-refractivity contribution in [3.05, 3.63) is 35.9 Å². The zero-order valence-electron chi connectivity index (χ0n) is 26.2. The van der Waals surface area contributed by atoms with E-state index in [9.17, 15) is 20.1 Å². The number of aliphatic hydroxyl groups is 2. The molecule has 1 aromatic heterocycles. The van der Waals surface area contributed by atoms with Crippen molar-refractivity contribution in [2.24, 2.45) is 51.8 Å². The van der Waals surface area contributed by atoms with Gasteiger partial charge >= 0.3 is 5.97 Å². The van der Waals surface area contributed by atoms with Gasteiger partial charge in [-0.05, 0) is 116 Å². The molecule has 0 aliphatic heterocycles. The number of carbonyl (C=O) groups is 1. The second-order valence-electron chi connectivity index (χ2n) is 15.2. The Morgan fingerprint density at radius 2 is 1.74 bits per heavy atom. The highest BCUT2D eigenvalue weighted by Crippen LogP contribution is 2.74. The van der Waals surface area contributed by atoms with Crippen LogP contribution in [0.1, 0.15) is 103 Å². The Kier molecular flexibility index (Phi) is 7.66. The fourth-order valence-electron chi connectivity index (χ4n) is 11.5. The minimum atomic E-state index is -0.956. The summed E-state index contributed by atoms with van der Waals surface area (Å²) >= 11 is 0. The van der Waals surface area contributed by atoms with Gasteiger partial charge in [0.15, 0.2) is 0 Å². The van der Waals surface area contributed by atoms with E-state index in [1.807, 2.05) is 12.1 Å². The monoisotopic (exact) mass is 577 g/mol. The Labute approximate surface area is 251 Å². The average Bonchev–Trinajstić information content (AvgIpc) is 3.32. The molecule has 4 saturated carbocycles. The number of pyridine rings is 1. The molecule has 0 radical (unpaired) electrons. The first kappa shape index (κ1) is 29.9. The molecule has 4 fully saturated rings. The largest absolute Gasteiger partial charge is 0.478 e. The van der Waals surface area contributed by atoms with E-state index in [0.29, 0.717) is 47.6 Å². The summed E-state index contributed by atoms with van der Waals surface area (Å²) in [6.45, 7) is 12.7. The summed E-state index contributed by atoms with van der Waals surface area (Å²) in [5, 5.41) is 33.0. The average molecular weight is 578 g/mol. The molecular weight excluding hydrogens is 526 g/mol. The molecule has 3 N–H and O–H groups in total. The van der Waals surface area contributed by atoms with Gasteiger partial charge in [-0.25, -0.2) is 9.78 Å². The number of nitrogens with zero attached hydrogens (tertiary/aromatic N) is 1. The van der Waals surface area contributed by atoms with Crippen LogP contribution >= 0.6 is 0 Å². The number of benzene rings is 1. The van der Waals surface area contributed by atoms with Crippen molar-refractivity contribution in [2.45, 2.75) is 105 Å². The summed E-state index contributed by atoms with van der Waals surface area (Å²) in [7, 11) is 0. The van der Waals surface area contributed by atoms with Crippen molar-refractivity contribution in [3.63, 3.8) is 0 Å². The van der Waals surface area contributed by atoms with Crippen LogP contribution in [0.2, 0.25) is 0 Å². The molecule has 1 heterocycles. The Hall–Kier alpha value is -2.18. The van der Waals surface area contributed by atoms with Crippen LogP contribution < -0.4 is 4.74 Å². The molecule has 1 unspecified atom stereocenters. The first-order valence-electron chi connectivity index (χ1n) is 16.6. The Balaban J connectivity index is 1.17. The van der Waals surface area contributed by atoms with Crippen LogP contribution in [-0.2, 0) is 0 Å². The van der Waals surface area contributed by atoms with Crippen molar-refractivity contribution < 1.29 is 24.9 Å². The van der Waals surface area contributed by atoms with Gasteiger partial charge < -0.3 is 20.1 Å². The summed E-state index contributed by atoms with van der Waals surface area (Å²) in [6.07, 6.45) is 9.05. The smallest absolute Gasteiger partial charge is 0.335 e. The number of fused-ring (bicyclic) bond motifs is 6. The molecule has 6 nitrogen and oxygen atoms in total. The van der Waals surface area contributed by atoms with E-state index in [4.69, 9.17) is 4.74 Å². The molecule has 6 rings (SSSR count). The maximum atomic E-state index is 12.2. The predicted molar refractivity (Wildman–Crippen MR) is 164 cm³/mol. The van der Waals surface area contributed by atoms with Gasteiger partial charge in [0.1, 0.15) is 0 Å². The van der Waals surface area contributed by atoms with Gasteiger partial charge in [0.25, 0.3) is 0 Å². The SMILES string of the molecule is CC[C@H]1[C@@H](O)C2(C)[C@H](CC[C@]3(C)[C@@H]([C@H](C)CCOc4ccc5ccc(C(=O)O)cc5n4)CC[C@@H]23)[C@@]2(C)CC[C@@H](O)C[C@@H]12. The second kappa shape index (κ2) is 10.8. The standard InChI is InChI=1S/C36H51NO5/c1-6-25-27-20-24(38)13-16-35(27,4)30-14-17-34(3)26(10-11-29(34)36(30,5)32(25)39)21(2)15-18-42-31-12-9-22-7-8-23(33(40)41)19-28(22)37-31/h7-9,12,19,21,24-27,29-30,32,38-39H,6,10-11,13-18,20H2,1-5H3,(H,40,41)/t21-,24-,25-,26-,27+,29-,30-,32-,34-,35+,36?/m1/s1. The van der Waals surface area contributed by atoms with Crippen molar-refractivity contribution in [2.75, 3.05) is 6.61 Å². The molecule has 0 amide bonds. The van der Waals surface area contributed by atoms with Crippen LogP contribution in [0.4, 0.5) is 0 Å². The lowest BCUT2D eigenvalue weighted by Gasteiger charge is -2.69. The molecule has 11 atom stereocenters. The molecule has 4 aliphatic rings. The lowest BCUT2D eigenvalue weighted by Crippen LogP contribution is -2.67. The summed E-state index contributed by atoms with van der Waals surface area (Å²) in [5.74, 6) is 2.37. The topological polar surface area (TPSA) is 99.9 Å². The first-order chi connectivity index (χ1) is 19.9. The van der Waals surface area contributed by atoms with E-state index in [-0.39, 0.29) is 39.9 Å². The van der Waals surface area contributed by atoms with E-state index < -0.39 is 5.97 Å². The van der Waals surface area contributed by atoms with Crippen molar-refractivity contribution in [3.8, 4) is 5.88 Å². The first-order valence-corrected chi connectivity index (χ1v) is 16.6. The number of aliphatic hydroxyl groups excluding tert-OH is 2. The van der Waals surface area contributed by atoms with E-state index >= 15 is 0 Å². The Morgan fingerprint density at radius 1 is 1.02 bits per heavy atom. The quantitative estimate of drug-likeness (QED) is 0.318. The number of carboxylic acids is 1. The number of hydrogen-bond acceptors (Lipinski definition) is 5. The third-order valence-electron chi connectivity index (χ3n) is 13.5. The summed E-state index contributed by atoms with van der Waals surface area (Å²) < 4.78 is 6.13. The predicted octanol–water partition coefficient (Wildman–Crippen LogP) is 7.35. The minimum absolute atomic E-state index is 0.0873. The third-order valence-corrected chi connectivity index (χ3v) is 13.5. The van der Waals surface area contributed by atoms with Gasteiger partial charge in [0, 0.05) is 16.9 Å². The van der Waals surface area contributed by atoms with E-state index in [1.54, 1.807) is 18.2 Å². The maximum Gasteiger partial charge on any atom is 0.335 e. The number of aromatic carboxylic acids is 1. The van der Waals surface area contributed by atoms with Gasteiger partial charge in [0.2, 0.25) is 5.88 Å². The number of ether oxygens (including phenoxy) is 1. The molecule has 6 heteroatoms. The van der Waals surface area contributed by atoms with Crippen LogP contribution in [0, 0.1) is 51.8 Å². The van der Waals surface area contributed by atoms with Crippen LogP contribution in [-0.4, -0.2) is 45.1 Å². The fourth-order valence-corrected chi connectivity index (χ4v) is 11.5. The lowest BCUT2D eigenvalue weighted by molar-refractivity contribution is -0.250. The zero-order valence-corrected chi connectivity index (χ0v) is 26.2. The van der Waals surface area contributed by atoms with Gasteiger partial charge in [-0.3, -0.25) is 0 Å². The van der Waals surface area contributed by atoms with E-state index in [1.165, 1.54) is 25.7 Å². The summed E-state index contributed by atoms with van der Waals surface area (Å²) in [5.41, 5.74) is 1.18. The highest BCUT2D eigenvalue weighted by atomic mass is 16.5. The molecule has 2 aromatic rings. The number of aromatic nitrogens is 1. The lowest BCUT2D eigenvalue weighted by atomic mass is 9.36. The molecule has 0 saturated heterocycles. The molecule has 230 valence electrons. The van der Waals surface area contributed by atoms with E-state index in [2.05, 4.69) is 39.6 Å². The van der Waals surface area contributed by atoms with Crippen molar-refractivity contribution >= 4 is 16.9 Å². The summed E-state index contributed by atoms with van der Waals surface area (Å²) in [6, 6.07) is 8.80. The molecule has 0 bridgehead atoms. The summed E-state index contributed by atoms with van der Waals surface area (Å²) in [4.78, 5) is 16.0. The normalized spacial score (nSPS) is 41.9. The van der Waals surface area contributed by atoms with Crippen LogP contribution in [0.5, 0.6) is 5.88 Å². The number of rotatable bonds is 7. The molecular formula is C36H51NO5. The number of carboxylic acid groups (broad SMARTS) is 1. The Morgan fingerprint density at radius 3 is 2.48 bits per heavy atom. The fraction of sp³-hybridized carbons (Fsp3) is 0.722. The van der Waals surface area contributed by atoms with Crippen molar-refractivity contribution in [1.82, 2.24) is 4.98 Å². The highest BCUT2D eigenvalue weighted by molar-refractivity contribution is 5.93. The van der Waals surface area contributed by atoms with Gasteiger partial charge in [-0.1, -0.05) is 47.1 Å². The third kappa shape index (κ3) is 4.49. The van der Waals surface area contributed by atoms with E-state index in [0.717, 1.165) is 37.5 Å². The number of hydrogen-bond donors (Lipinski definition) is 3. The molecule has 4 aliphatic carbocycles. The minimum Gasteiger partial charge on any atom is -0.478 e. The highest BCUT2D eigenvalue weighted by Gasteiger charge is 2.69. The van der Waals surface area contributed by atoms with Crippen LogP contribution in [0.25, 0.3) is 10.9 Å². The zero-order chi connectivity index (χ0) is 30.0. The van der Waals surface area contributed by atoms with Gasteiger partial charge in [-0.15, -0.1) is 0 Å².